The summed E-state index contributed by atoms with van der Waals surface area (Å²) >= 11 is 0. The molecule has 0 aliphatic rings. The van der Waals surface area contributed by atoms with Gasteiger partial charge in [-0.05, 0) is 36.8 Å². The van der Waals surface area contributed by atoms with Gasteiger partial charge in [0.1, 0.15) is 5.56 Å². The van der Waals surface area contributed by atoms with Gasteiger partial charge < -0.3 is 15.4 Å². The van der Waals surface area contributed by atoms with Crippen LogP contribution in [0.1, 0.15) is 22.8 Å². The molecular weight excluding hydrogens is 266 g/mol. The average Bonchev–Trinajstić information content (AvgIpc) is 2.56. The van der Waals surface area contributed by atoms with Crippen molar-refractivity contribution in [2.75, 3.05) is 18.6 Å². The minimum absolute atomic E-state index is 0.136. The number of benzene rings is 1. The Bertz CT molecular complexity index is 611. The SMILES string of the molecule is CCN(C(=O)c1cccnc1OC)c1ccc(CN)cc1. The van der Waals surface area contributed by atoms with Gasteiger partial charge in [-0.2, -0.15) is 0 Å². The Kier molecular flexibility index (Phi) is 4.90. The fourth-order valence-corrected chi connectivity index (χ4v) is 2.12. The lowest BCUT2D eigenvalue weighted by Gasteiger charge is -2.22. The zero-order valence-corrected chi connectivity index (χ0v) is 12.2. The molecule has 0 aliphatic carbocycles. The van der Waals surface area contributed by atoms with Gasteiger partial charge >= 0.3 is 0 Å². The molecule has 21 heavy (non-hydrogen) atoms. The Hall–Kier alpha value is -2.40. The number of rotatable bonds is 5. The van der Waals surface area contributed by atoms with Crippen molar-refractivity contribution in [3.05, 3.63) is 53.7 Å². The standard InChI is InChI=1S/C16H19N3O2/c1-3-19(13-8-6-12(11-17)7-9-13)16(20)14-5-4-10-18-15(14)21-2/h4-10H,3,11,17H2,1-2H3. The third-order valence-electron chi connectivity index (χ3n) is 3.24. The first-order valence-corrected chi connectivity index (χ1v) is 6.81. The Morgan fingerprint density at radius 2 is 2.00 bits per heavy atom. The molecule has 0 atom stereocenters. The van der Waals surface area contributed by atoms with Crippen molar-refractivity contribution in [1.82, 2.24) is 4.98 Å². The van der Waals surface area contributed by atoms with Crippen LogP contribution >= 0.6 is 0 Å². The summed E-state index contributed by atoms with van der Waals surface area (Å²) in [5, 5.41) is 0. The number of nitrogens with two attached hydrogens (primary N) is 1. The summed E-state index contributed by atoms with van der Waals surface area (Å²) in [5.41, 5.74) is 7.89. The summed E-state index contributed by atoms with van der Waals surface area (Å²) in [6, 6.07) is 11.1. The number of methoxy groups -OCH3 is 1. The second-order valence-corrected chi connectivity index (χ2v) is 4.48. The summed E-state index contributed by atoms with van der Waals surface area (Å²) in [4.78, 5) is 18.4. The number of aromatic nitrogens is 1. The Balaban J connectivity index is 2.33. The molecule has 0 saturated carbocycles. The third kappa shape index (κ3) is 3.20. The van der Waals surface area contributed by atoms with Crippen molar-refractivity contribution in [3.63, 3.8) is 0 Å². The van der Waals surface area contributed by atoms with Gasteiger partial charge in [0, 0.05) is 25.0 Å². The molecule has 1 aromatic heterocycles. The highest BCUT2D eigenvalue weighted by molar-refractivity contribution is 6.07. The minimum atomic E-state index is -0.136. The largest absolute Gasteiger partial charge is 0.480 e. The first-order valence-electron chi connectivity index (χ1n) is 6.81. The Morgan fingerprint density at radius 3 is 2.57 bits per heavy atom. The molecule has 1 amide bonds. The van der Waals surface area contributed by atoms with Crippen LogP contribution < -0.4 is 15.4 Å². The second-order valence-electron chi connectivity index (χ2n) is 4.48. The molecule has 5 heteroatoms. The predicted molar refractivity (Wildman–Crippen MR) is 82.5 cm³/mol. The monoisotopic (exact) mass is 285 g/mol. The van der Waals surface area contributed by atoms with Crippen LogP contribution in [0, 0.1) is 0 Å². The minimum Gasteiger partial charge on any atom is -0.480 e. The van der Waals surface area contributed by atoms with Crippen molar-refractivity contribution >= 4 is 11.6 Å². The van der Waals surface area contributed by atoms with E-state index in [0.717, 1.165) is 11.3 Å². The van der Waals surface area contributed by atoms with E-state index in [1.807, 2.05) is 31.2 Å². The molecule has 2 rings (SSSR count). The summed E-state index contributed by atoms with van der Waals surface area (Å²) in [7, 11) is 1.51. The molecule has 2 N–H and O–H groups in total. The smallest absolute Gasteiger partial charge is 0.263 e. The molecule has 0 fully saturated rings. The number of carbonyl (C=O) groups is 1. The molecule has 110 valence electrons. The van der Waals surface area contributed by atoms with Crippen LogP contribution in [0.4, 0.5) is 5.69 Å². The van der Waals surface area contributed by atoms with E-state index < -0.39 is 0 Å². The second kappa shape index (κ2) is 6.85. The van der Waals surface area contributed by atoms with Crippen molar-refractivity contribution in [2.45, 2.75) is 13.5 Å². The van der Waals surface area contributed by atoms with Crippen LogP contribution in [-0.4, -0.2) is 24.5 Å². The number of nitrogens with zero attached hydrogens (tertiary/aromatic N) is 2. The first-order chi connectivity index (χ1) is 10.2. The van der Waals surface area contributed by atoms with Gasteiger partial charge in [-0.25, -0.2) is 4.98 Å². The van der Waals surface area contributed by atoms with Gasteiger partial charge in [0.15, 0.2) is 0 Å². The lowest BCUT2D eigenvalue weighted by molar-refractivity contribution is 0.0984. The van der Waals surface area contributed by atoms with Crippen LogP contribution in [0.5, 0.6) is 5.88 Å². The molecule has 0 radical (unpaired) electrons. The molecule has 0 aliphatic heterocycles. The van der Waals surface area contributed by atoms with Crippen LogP contribution in [0.15, 0.2) is 42.6 Å². The zero-order valence-electron chi connectivity index (χ0n) is 12.2. The number of amides is 1. The Labute approximate surface area is 124 Å². The fourth-order valence-electron chi connectivity index (χ4n) is 2.12. The van der Waals surface area contributed by atoms with Crippen LogP contribution in [-0.2, 0) is 6.54 Å². The number of pyridine rings is 1. The van der Waals surface area contributed by atoms with Gasteiger partial charge in [0.05, 0.1) is 7.11 Å². The first kappa shape index (κ1) is 15.0. The van der Waals surface area contributed by atoms with E-state index in [0.29, 0.717) is 24.5 Å². The van der Waals surface area contributed by atoms with Crippen LogP contribution in [0.25, 0.3) is 0 Å². The number of hydrogen-bond acceptors (Lipinski definition) is 4. The van der Waals surface area contributed by atoms with Crippen LogP contribution in [0.3, 0.4) is 0 Å². The molecule has 2 aromatic rings. The summed E-state index contributed by atoms with van der Waals surface area (Å²) in [5.74, 6) is 0.197. The molecule has 0 spiro atoms. The summed E-state index contributed by atoms with van der Waals surface area (Å²) < 4.78 is 5.16. The third-order valence-corrected chi connectivity index (χ3v) is 3.24. The highest BCUT2D eigenvalue weighted by atomic mass is 16.5. The zero-order chi connectivity index (χ0) is 15.2. The van der Waals surface area contributed by atoms with E-state index in [2.05, 4.69) is 4.98 Å². The highest BCUT2D eigenvalue weighted by Gasteiger charge is 2.20. The van der Waals surface area contributed by atoms with Gasteiger partial charge in [-0.15, -0.1) is 0 Å². The molecule has 0 bridgehead atoms. The number of ether oxygens (including phenoxy) is 1. The Morgan fingerprint density at radius 1 is 1.29 bits per heavy atom. The number of anilines is 1. The van der Waals surface area contributed by atoms with Crippen molar-refractivity contribution < 1.29 is 9.53 Å². The van der Waals surface area contributed by atoms with Gasteiger partial charge in [0.2, 0.25) is 5.88 Å². The fraction of sp³-hybridized carbons (Fsp3) is 0.250. The van der Waals surface area contributed by atoms with Gasteiger partial charge in [-0.1, -0.05) is 12.1 Å². The maximum atomic E-state index is 12.7. The molecule has 1 heterocycles. The number of hydrogen-bond donors (Lipinski definition) is 1. The van der Waals surface area contributed by atoms with Crippen molar-refractivity contribution in [2.24, 2.45) is 5.73 Å². The molecule has 0 saturated heterocycles. The topological polar surface area (TPSA) is 68.5 Å². The lowest BCUT2D eigenvalue weighted by atomic mass is 10.1. The molecule has 1 aromatic carbocycles. The van der Waals surface area contributed by atoms with E-state index in [4.69, 9.17) is 10.5 Å². The van der Waals surface area contributed by atoms with Crippen molar-refractivity contribution in [3.8, 4) is 5.88 Å². The van der Waals surface area contributed by atoms with Gasteiger partial charge in [-0.3, -0.25) is 4.79 Å². The molecular formula is C16H19N3O2. The van der Waals surface area contributed by atoms with Gasteiger partial charge in [0.25, 0.3) is 5.91 Å². The molecule has 0 unspecified atom stereocenters. The van der Waals surface area contributed by atoms with Crippen molar-refractivity contribution in [1.29, 1.82) is 0 Å². The number of carbonyl (C=O) groups excluding carboxylic acids is 1. The van der Waals surface area contributed by atoms with E-state index in [1.165, 1.54) is 7.11 Å². The highest BCUT2D eigenvalue weighted by Crippen LogP contribution is 2.21. The lowest BCUT2D eigenvalue weighted by Crippen LogP contribution is -2.31. The van der Waals surface area contributed by atoms with E-state index in [1.54, 1.807) is 23.2 Å². The normalized spacial score (nSPS) is 10.2. The van der Waals surface area contributed by atoms with E-state index in [9.17, 15) is 4.79 Å². The molecule has 5 nitrogen and oxygen atoms in total. The quantitative estimate of drug-likeness (QED) is 0.914. The maximum Gasteiger partial charge on any atom is 0.263 e. The summed E-state index contributed by atoms with van der Waals surface area (Å²) in [6.45, 7) is 2.97. The van der Waals surface area contributed by atoms with E-state index in [-0.39, 0.29) is 5.91 Å². The predicted octanol–water partition coefficient (Wildman–Crippen LogP) is 2.22. The average molecular weight is 285 g/mol. The summed E-state index contributed by atoms with van der Waals surface area (Å²) in [6.07, 6.45) is 1.60. The van der Waals surface area contributed by atoms with Crippen LogP contribution in [0.2, 0.25) is 0 Å². The van der Waals surface area contributed by atoms with E-state index >= 15 is 0 Å². The maximum absolute atomic E-state index is 12.7.